The molecule has 16 heavy (non-hydrogen) atoms. The smallest absolute Gasteiger partial charge is 0.124 e. The molecule has 2 atom stereocenters. The van der Waals surface area contributed by atoms with Crippen LogP contribution in [0.4, 0.5) is 0 Å². The van der Waals surface area contributed by atoms with E-state index in [1.807, 2.05) is 25.1 Å². The van der Waals surface area contributed by atoms with Crippen molar-refractivity contribution in [2.24, 2.45) is 5.73 Å². The second-order valence-electron chi connectivity index (χ2n) is 4.21. The number of para-hydroxylation sites is 1. The first kappa shape index (κ1) is 11.4. The predicted molar refractivity (Wildman–Crippen MR) is 65.6 cm³/mol. The van der Waals surface area contributed by atoms with Gasteiger partial charge in [-0.2, -0.15) is 0 Å². The summed E-state index contributed by atoms with van der Waals surface area (Å²) in [5.74, 6) is 0.958. The van der Waals surface area contributed by atoms with Crippen molar-refractivity contribution in [2.45, 2.75) is 31.8 Å². The van der Waals surface area contributed by atoms with Crippen molar-refractivity contribution < 1.29 is 4.74 Å². The molecule has 1 aromatic rings. The largest absolute Gasteiger partial charge is 0.494 e. The van der Waals surface area contributed by atoms with E-state index in [4.69, 9.17) is 10.5 Å². The van der Waals surface area contributed by atoms with Crippen LogP contribution in [-0.4, -0.2) is 19.2 Å². The highest BCUT2D eigenvalue weighted by atomic mass is 16.5. The fourth-order valence-electron chi connectivity index (χ4n) is 2.28. The molecule has 1 aliphatic heterocycles. The summed E-state index contributed by atoms with van der Waals surface area (Å²) in [5, 5.41) is 3.48. The van der Waals surface area contributed by atoms with Gasteiger partial charge in [0.15, 0.2) is 0 Å². The second kappa shape index (κ2) is 5.32. The zero-order chi connectivity index (χ0) is 11.4. The summed E-state index contributed by atoms with van der Waals surface area (Å²) in [6.07, 6.45) is 2.24. The first-order valence-corrected chi connectivity index (χ1v) is 6.03. The lowest BCUT2D eigenvalue weighted by atomic mass is 9.92. The Kier molecular flexibility index (Phi) is 3.80. The molecule has 1 fully saturated rings. The number of ether oxygens (including phenoxy) is 1. The van der Waals surface area contributed by atoms with Gasteiger partial charge < -0.3 is 15.8 Å². The first-order valence-electron chi connectivity index (χ1n) is 6.03. The lowest BCUT2D eigenvalue weighted by molar-refractivity contribution is 0.312. The molecule has 3 N–H and O–H groups in total. The lowest BCUT2D eigenvalue weighted by Gasteiger charge is -2.31. The highest BCUT2D eigenvalue weighted by Gasteiger charge is 2.25. The molecular formula is C13H20N2O. The standard InChI is InChI=1S/C13H20N2O/c1-2-16-12-8-4-3-6-10(12)13-11(14)7-5-9-15-13/h3-4,6,8,11,13,15H,2,5,7,9,14H2,1H3. The van der Waals surface area contributed by atoms with Gasteiger partial charge in [0.1, 0.15) is 5.75 Å². The minimum absolute atomic E-state index is 0.190. The van der Waals surface area contributed by atoms with Crippen molar-refractivity contribution in [1.29, 1.82) is 0 Å². The topological polar surface area (TPSA) is 47.3 Å². The van der Waals surface area contributed by atoms with E-state index >= 15 is 0 Å². The van der Waals surface area contributed by atoms with Gasteiger partial charge in [-0.15, -0.1) is 0 Å². The quantitative estimate of drug-likeness (QED) is 0.817. The van der Waals surface area contributed by atoms with Crippen molar-refractivity contribution in [3.8, 4) is 5.75 Å². The van der Waals surface area contributed by atoms with E-state index < -0.39 is 0 Å². The van der Waals surface area contributed by atoms with Gasteiger partial charge in [-0.05, 0) is 32.4 Å². The Bertz CT molecular complexity index is 340. The Morgan fingerprint density at radius 2 is 2.25 bits per heavy atom. The summed E-state index contributed by atoms with van der Waals surface area (Å²) >= 11 is 0. The molecule has 1 aromatic carbocycles. The van der Waals surface area contributed by atoms with Crippen molar-refractivity contribution in [3.63, 3.8) is 0 Å². The summed E-state index contributed by atoms with van der Waals surface area (Å²) in [5.41, 5.74) is 7.35. The van der Waals surface area contributed by atoms with Crippen LogP contribution < -0.4 is 15.8 Å². The summed E-state index contributed by atoms with van der Waals surface area (Å²) < 4.78 is 5.64. The molecule has 0 bridgehead atoms. The van der Waals surface area contributed by atoms with Crippen molar-refractivity contribution in [1.82, 2.24) is 5.32 Å². The fourth-order valence-corrected chi connectivity index (χ4v) is 2.28. The van der Waals surface area contributed by atoms with Crippen LogP contribution in [0.15, 0.2) is 24.3 Å². The third kappa shape index (κ3) is 2.36. The fraction of sp³-hybridized carbons (Fsp3) is 0.538. The van der Waals surface area contributed by atoms with Crippen LogP contribution in [0, 0.1) is 0 Å². The molecule has 2 rings (SSSR count). The average molecular weight is 220 g/mol. The van der Waals surface area contributed by atoms with Crippen molar-refractivity contribution in [3.05, 3.63) is 29.8 Å². The molecule has 0 spiro atoms. The van der Waals surface area contributed by atoms with Gasteiger partial charge >= 0.3 is 0 Å². The number of nitrogens with two attached hydrogens (primary N) is 1. The summed E-state index contributed by atoms with van der Waals surface area (Å²) in [4.78, 5) is 0. The maximum absolute atomic E-state index is 6.16. The van der Waals surface area contributed by atoms with Gasteiger partial charge in [-0.25, -0.2) is 0 Å². The molecule has 1 aliphatic rings. The van der Waals surface area contributed by atoms with Gasteiger partial charge in [0.2, 0.25) is 0 Å². The Morgan fingerprint density at radius 1 is 1.44 bits per heavy atom. The molecule has 2 unspecified atom stereocenters. The zero-order valence-corrected chi connectivity index (χ0v) is 9.78. The maximum atomic E-state index is 6.16. The Labute approximate surface area is 97.0 Å². The van der Waals surface area contributed by atoms with Gasteiger partial charge in [-0.3, -0.25) is 0 Å². The molecule has 3 nitrogen and oxygen atoms in total. The van der Waals surface area contributed by atoms with E-state index in [9.17, 15) is 0 Å². The Morgan fingerprint density at radius 3 is 3.00 bits per heavy atom. The maximum Gasteiger partial charge on any atom is 0.124 e. The van der Waals surface area contributed by atoms with E-state index in [0.29, 0.717) is 6.61 Å². The molecular weight excluding hydrogens is 200 g/mol. The monoisotopic (exact) mass is 220 g/mol. The van der Waals surface area contributed by atoms with E-state index in [0.717, 1.165) is 25.1 Å². The zero-order valence-electron chi connectivity index (χ0n) is 9.78. The molecule has 0 aromatic heterocycles. The normalized spacial score (nSPS) is 25.4. The van der Waals surface area contributed by atoms with Crippen molar-refractivity contribution in [2.75, 3.05) is 13.2 Å². The van der Waals surface area contributed by atoms with Gasteiger partial charge in [0.05, 0.1) is 12.6 Å². The first-order chi connectivity index (χ1) is 7.83. The lowest BCUT2D eigenvalue weighted by Crippen LogP contribution is -2.42. The minimum atomic E-state index is 0.190. The van der Waals surface area contributed by atoms with E-state index in [2.05, 4.69) is 11.4 Å². The third-order valence-corrected chi connectivity index (χ3v) is 3.06. The number of hydrogen-bond donors (Lipinski definition) is 2. The van der Waals surface area contributed by atoms with Gasteiger partial charge in [-0.1, -0.05) is 18.2 Å². The average Bonchev–Trinajstić information content (AvgIpc) is 2.31. The number of benzene rings is 1. The molecule has 88 valence electrons. The van der Waals surface area contributed by atoms with Gasteiger partial charge in [0, 0.05) is 11.6 Å². The number of rotatable bonds is 3. The van der Waals surface area contributed by atoms with Crippen LogP contribution in [0.3, 0.4) is 0 Å². The van der Waals surface area contributed by atoms with E-state index in [1.54, 1.807) is 0 Å². The van der Waals surface area contributed by atoms with Crippen LogP contribution in [0.2, 0.25) is 0 Å². The van der Waals surface area contributed by atoms with Crippen molar-refractivity contribution >= 4 is 0 Å². The van der Waals surface area contributed by atoms with Gasteiger partial charge in [0.25, 0.3) is 0 Å². The van der Waals surface area contributed by atoms with Crippen LogP contribution in [0.1, 0.15) is 31.4 Å². The highest BCUT2D eigenvalue weighted by molar-refractivity contribution is 5.37. The van der Waals surface area contributed by atoms with Crippen LogP contribution in [0.5, 0.6) is 5.75 Å². The summed E-state index contributed by atoms with van der Waals surface area (Å²) in [7, 11) is 0. The number of hydrogen-bond acceptors (Lipinski definition) is 3. The molecule has 3 heteroatoms. The van der Waals surface area contributed by atoms with E-state index in [-0.39, 0.29) is 12.1 Å². The SMILES string of the molecule is CCOc1ccccc1C1NCCCC1N. The Hall–Kier alpha value is -1.06. The highest BCUT2D eigenvalue weighted by Crippen LogP contribution is 2.29. The number of nitrogens with one attached hydrogen (secondary N) is 1. The molecule has 0 saturated carbocycles. The second-order valence-corrected chi connectivity index (χ2v) is 4.21. The predicted octanol–water partition coefficient (Wildman–Crippen LogP) is 1.84. The molecule has 1 saturated heterocycles. The number of piperidine rings is 1. The Balaban J connectivity index is 2.23. The van der Waals surface area contributed by atoms with Crippen LogP contribution in [0.25, 0.3) is 0 Å². The summed E-state index contributed by atoms with van der Waals surface area (Å²) in [6, 6.07) is 8.59. The van der Waals surface area contributed by atoms with E-state index in [1.165, 1.54) is 5.56 Å². The molecule has 0 radical (unpaired) electrons. The van der Waals surface area contributed by atoms with Crippen LogP contribution in [-0.2, 0) is 0 Å². The molecule has 0 aliphatic carbocycles. The molecule has 1 heterocycles. The van der Waals surface area contributed by atoms with Crippen LogP contribution >= 0.6 is 0 Å². The third-order valence-electron chi connectivity index (χ3n) is 3.06. The summed E-state index contributed by atoms with van der Waals surface area (Å²) in [6.45, 7) is 3.74. The molecule has 0 amide bonds. The minimum Gasteiger partial charge on any atom is -0.494 e.